The van der Waals surface area contributed by atoms with E-state index >= 15 is 0 Å². The van der Waals surface area contributed by atoms with Crippen LogP contribution in [0.1, 0.15) is 21.7 Å². The first-order valence-corrected chi connectivity index (χ1v) is 7.74. The van der Waals surface area contributed by atoms with Gasteiger partial charge < -0.3 is 0 Å². The van der Waals surface area contributed by atoms with Gasteiger partial charge in [0.1, 0.15) is 22.7 Å². The molecule has 4 heteroatoms. The molecule has 0 N–H and O–H groups in total. The van der Waals surface area contributed by atoms with E-state index in [0.29, 0.717) is 17.1 Å². The van der Waals surface area contributed by atoms with Gasteiger partial charge in [0.05, 0.1) is 0 Å². The highest BCUT2D eigenvalue weighted by Crippen LogP contribution is 2.26. The normalized spacial score (nSPS) is 10.9. The Balaban J connectivity index is 2.01. The van der Waals surface area contributed by atoms with E-state index in [1.165, 1.54) is 0 Å². The monoisotopic (exact) mass is 313 g/mol. The first-order valence-electron chi connectivity index (χ1n) is 7.74. The van der Waals surface area contributed by atoms with E-state index in [-0.39, 0.29) is 5.78 Å². The summed E-state index contributed by atoms with van der Waals surface area (Å²) in [5.74, 6) is -0.132. The molecular formula is C20H15N3O. The molecule has 116 valence electrons. The molecule has 0 aliphatic heterocycles. The lowest BCUT2D eigenvalue weighted by Crippen LogP contribution is -2.08. The molecule has 4 rings (SSSR count). The van der Waals surface area contributed by atoms with Crippen molar-refractivity contribution in [3.8, 4) is 11.3 Å². The standard InChI is InChI=1S/C20H15N3O/c1-14-10-11-17-22-18(15-7-3-2-4-8-15)19(23(17)13-14)20(24)16-9-5-6-12-21-16/h2-13H,1H3. The van der Waals surface area contributed by atoms with E-state index < -0.39 is 0 Å². The van der Waals surface area contributed by atoms with Gasteiger partial charge in [0.25, 0.3) is 0 Å². The molecular weight excluding hydrogens is 298 g/mol. The number of carbonyl (C=O) groups is 1. The van der Waals surface area contributed by atoms with E-state index in [1.807, 2.05) is 66.1 Å². The number of aryl methyl sites for hydroxylation is 1. The lowest BCUT2D eigenvalue weighted by Gasteiger charge is -2.05. The molecule has 4 aromatic rings. The van der Waals surface area contributed by atoms with E-state index in [0.717, 1.165) is 16.8 Å². The molecule has 0 aliphatic carbocycles. The van der Waals surface area contributed by atoms with Gasteiger partial charge in [-0.1, -0.05) is 42.5 Å². The Morgan fingerprint density at radius 3 is 2.50 bits per heavy atom. The maximum atomic E-state index is 13.1. The van der Waals surface area contributed by atoms with E-state index in [2.05, 4.69) is 9.97 Å². The zero-order valence-electron chi connectivity index (χ0n) is 13.2. The van der Waals surface area contributed by atoms with Crippen LogP contribution >= 0.6 is 0 Å². The fourth-order valence-corrected chi connectivity index (χ4v) is 2.78. The summed E-state index contributed by atoms with van der Waals surface area (Å²) in [6.45, 7) is 2.00. The summed E-state index contributed by atoms with van der Waals surface area (Å²) in [7, 11) is 0. The number of aromatic nitrogens is 3. The predicted molar refractivity (Wildman–Crippen MR) is 93.0 cm³/mol. The predicted octanol–water partition coefficient (Wildman–Crippen LogP) is 3.94. The van der Waals surface area contributed by atoms with Crippen molar-refractivity contribution in [1.82, 2.24) is 14.4 Å². The van der Waals surface area contributed by atoms with Crippen LogP contribution in [-0.4, -0.2) is 20.2 Å². The third kappa shape index (κ3) is 2.38. The van der Waals surface area contributed by atoms with Gasteiger partial charge >= 0.3 is 0 Å². The third-order valence-corrected chi connectivity index (χ3v) is 3.93. The number of carbonyl (C=O) groups excluding carboxylic acids is 1. The maximum absolute atomic E-state index is 13.1. The molecule has 1 aromatic carbocycles. The number of nitrogens with zero attached hydrogens (tertiary/aromatic N) is 3. The number of benzene rings is 1. The Labute approximate surface area is 139 Å². The molecule has 3 heterocycles. The highest BCUT2D eigenvalue weighted by Gasteiger charge is 2.22. The quantitative estimate of drug-likeness (QED) is 0.538. The Hall–Kier alpha value is -3.27. The first kappa shape index (κ1) is 14.3. The van der Waals surface area contributed by atoms with Crippen LogP contribution in [-0.2, 0) is 0 Å². The second-order valence-electron chi connectivity index (χ2n) is 5.65. The molecule has 0 spiro atoms. The molecule has 0 radical (unpaired) electrons. The minimum absolute atomic E-state index is 0.132. The SMILES string of the molecule is Cc1ccc2nc(-c3ccccc3)c(C(=O)c3ccccn3)n2c1. The molecule has 0 saturated heterocycles. The van der Waals surface area contributed by atoms with Gasteiger partial charge in [-0.2, -0.15) is 0 Å². The van der Waals surface area contributed by atoms with Gasteiger partial charge in [-0.05, 0) is 30.7 Å². The van der Waals surface area contributed by atoms with Crippen molar-refractivity contribution in [2.24, 2.45) is 0 Å². The van der Waals surface area contributed by atoms with Gasteiger partial charge in [-0.15, -0.1) is 0 Å². The van der Waals surface area contributed by atoms with Crippen LogP contribution in [0.15, 0.2) is 73.1 Å². The van der Waals surface area contributed by atoms with Crippen LogP contribution in [0.2, 0.25) is 0 Å². The molecule has 0 saturated carbocycles. The Bertz CT molecular complexity index is 1020. The topological polar surface area (TPSA) is 47.3 Å². The van der Waals surface area contributed by atoms with Gasteiger partial charge in [0.2, 0.25) is 5.78 Å². The number of rotatable bonds is 3. The van der Waals surface area contributed by atoms with Gasteiger partial charge in [-0.25, -0.2) is 4.98 Å². The van der Waals surface area contributed by atoms with Crippen molar-refractivity contribution in [1.29, 1.82) is 0 Å². The summed E-state index contributed by atoms with van der Waals surface area (Å²) >= 11 is 0. The average Bonchev–Trinajstić information content (AvgIpc) is 3.01. The van der Waals surface area contributed by atoms with Crippen LogP contribution in [0.4, 0.5) is 0 Å². The molecule has 0 aliphatic rings. The molecule has 0 unspecified atom stereocenters. The molecule has 3 aromatic heterocycles. The van der Waals surface area contributed by atoms with Crippen LogP contribution < -0.4 is 0 Å². The van der Waals surface area contributed by atoms with Crippen molar-refractivity contribution < 1.29 is 4.79 Å². The van der Waals surface area contributed by atoms with E-state index in [4.69, 9.17) is 0 Å². The van der Waals surface area contributed by atoms with Gasteiger partial charge in [0, 0.05) is 18.0 Å². The number of imidazole rings is 1. The molecule has 4 nitrogen and oxygen atoms in total. The summed E-state index contributed by atoms with van der Waals surface area (Å²) in [6.07, 6.45) is 3.56. The van der Waals surface area contributed by atoms with Gasteiger partial charge in [0.15, 0.2) is 0 Å². The van der Waals surface area contributed by atoms with Crippen LogP contribution in [0, 0.1) is 6.92 Å². The third-order valence-electron chi connectivity index (χ3n) is 3.93. The lowest BCUT2D eigenvalue weighted by molar-refractivity contribution is 0.102. The van der Waals surface area contributed by atoms with Crippen molar-refractivity contribution in [2.45, 2.75) is 6.92 Å². The maximum Gasteiger partial charge on any atom is 0.230 e. The number of hydrogen-bond acceptors (Lipinski definition) is 3. The highest BCUT2D eigenvalue weighted by molar-refractivity contribution is 6.10. The molecule has 0 bridgehead atoms. The summed E-state index contributed by atoms with van der Waals surface area (Å²) < 4.78 is 1.86. The van der Waals surface area contributed by atoms with Crippen LogP contribution in [0.25, 0.3) is 16.9 Å². The lowest BCUT2D eigenvalue weighted by atomic mass is 10.1. The second kappa shape index (κ2) is 5.74. The van der Waals surface area contributed by atoms with E-state index in [1.54, 1.807) is 18.3 Å². The Kier molecular flexibility index (Phi) is 3.43. The minimum Gasteiger partial charge on any atom is -0.296 e. The van der Waals surface area contributed by atoms with E-state index in [9.17, 15) is 4.79 Å². The highest BCUT2D eigenvalue weighted by atomic mass is 16.1. The Morgan fingerprint density at radius 1 is 0.958 bits per heavy atom. The fourth-order valence-electron chi connectivity index (χ4n) is 2.78. The van der Waals surface area contributed by atoms with Gasteiger partial charge in [-0.3, -0.25) is 14.2 Å². The fraction of sp³-hybridized carbons (Fsp3) is 0.0500. The second-order valence-corrected chi connectivity index (χ2v) is 5.65. The molecule has 24 heavy (non-hydrogen) atoms. The minimum atomic E-state index is -0.132. The smallest absolute Gasteiger partial charge is 0.230 e. The number of ketones is 1. The zero-order valence-corrected chi connectivity index (χ0v) is 13.2. The summed E-state index contributed by atoms with van der Waals surface area (Å²) in [4.78, 5) is 22.0. The summed E-state index contributed by atoms with van der Waals surface area (Å²) in [5, 5.41) is 0. The number of pyridine rings is 2. The largest absolute Gasteiger partial charge is 0.296 e. The number of fused-ring (bicyclic) bond motifs is 1. The summed E-state index contributed by atoms with van der Waals surface area (Å²) in [6, 6.07) is 19.0. The van der Waals surface area contributed by atoms with Crippen LogP contribution in [0.3, 0.4) is 0 Å². The zero-order chi connectivity index (χ0) is 16.5. The summed E-state index contributed by atoms with van der Waals surface area (Å²) in [5.41, 5.74) is 4.36. The van der Waals surface area contributed by atoms with Crippen molar-refractivity contribution >= 4 is 11.4 Å². The van der Waals surface area contributed by atoms with Crippen LogP contribution in [0.5, 0.6) is 0 Å². The first-order chi connectivity index (χ1) is 11.7. The van der Waals surface area contributed by atoms with Crippen molar-refractivity contribution in [3.05, 3.63) is 90.0 Å². The molecule has 0 fully saturated rings. The molecule has 0 amide bonds. The van der Waals surface area contributed by atoms with Crippen molar-refractivity contribution in [3.63, 3.8) is 0 Å². The van der Waals surface area contributed by atoms with Crippen molar-refractivity contribution in [2.75, 3.05) is 0 Å². The Morgan fingerprint density at radius 2 is 1.75 bits per heavy atom. The average molecular weight is 313 g/mol. The number of hydrogen-bond donors (Lipinski definition) is 0. The molecule has 0 atom stereocenters.